The van der Waals surface area contributed by atoms with Crippen LogP contribution >= 0.6 is 0 Å². The Kier molecular flexibility index (Phi) is 3.29. The number of carboxylic acid groups (broad SMARTS) is 1. The fourth-order valence-electron chi connectivity index (χ4n) is 3.22. The first-order valence-electron chi connectivity index (χ1n) is 6.59. The van der Waals surface area contributed by atoms with Crippen LogP contribution in [0.3, 0.4) is 0 Å². The van der Waals surface area contributed by atoms with Gasteiger partial charge in [0.25, 0.3) is 0 Å². The van der Waals surface area contributed by atoms with Crippen LogP contribution in [0.25, 0.3) is 0 Å². The van der Waals surface area contributed by atoms with Crippen molar-refractivity contribution in [2.24, 2.45) is 5.41 Å². The molecule has 2 unspecified atom stereocenters. The van der Waals surface area contributed by atoms with Crippen molar-refractivity contribution in [1.29, 1.82) is 0 Å². The Morgan fingerprint density at radius 3 is 2.74 bits per heavy atom. The summed E-state index contributed by atoms with van der Waals surface area (Å²) in [6.07, 6.45) is 5.42. The molecule has 1 fully saturated rings. The second kappa shape index (κ2) is 4.51. The van der Waals surface area contributed by atoms with E-state index in [9.17, 15) is 14.7 Å². The summed E-state index contributed by atoms with van der Waals surface area (Å²) in [6, 6.07) is 0. The normalized spacial score (nSPS) is 33.3. The van der Waals surface area contributed by atoms with Crippen molar-refractivity contribution in [3.05, 3.63) is 23.8 Å². The topological polar surface area (TPSA) is 63.6 Å². The number of ether oxygens (including phenoxy) is 1. The Hall–Kier alpha value is -1.58. The molecule has 0 amide bonds. The molecule has 2 bridgehead atoms. The van der Waals surface area contributed by atoms with Gasteiger partial charge in [-0.05, 0) is 33.1 Å². The van der Waals surface area contributed by atoms with Crippen LogP contribution in [0.2, 0.25) is 0 Å². The van der Waals surface area contributed by atoms with Crippen LogP contribution in [0.4, 0.5) is 0 Å². The summed E-state index contributed by atoms with van der Waals surface area (Å²) in [6.45, 7) is 6.90. The Morgan fingerprint density at radius 2 is 2.16 bits per heavy atom. The van der Waals surface area contributed by atoms with Crippen LogP contribution in [0, 0.1) is 5.41 Å². The van der Waals surface area contributed by atoms with E-state index < -0.39 is 23.0 Å². The van der Waals surface area contributed by atoms with Gasteiger partial charge in [-0.25, -0.2) is 4.79 Å². The summed E-state index contributed by atoms with van der Waals surface area (Å²) in [4.78, 5) is 23.3. The number of aliphatic carboxylic acids is 1. The van der Waals surface area contributed by atoms with Gasteiger partial charge in [0.05, 0.1) is 5.41 Å². The summed E-state index contributed by atoms with van der Waals surface area (Å²) in [5.41, 5.74) is -0.153. The fraction of sp³-hybridized carbons (Fsp3) is 0.600. The number of rotatable bonds is 3. The Balaban J connectivity index is 2.31. The lowest BCUT2D eigenvalue weighted by atomic mass is 9.65. The third-order valence-corrected chi connectivity index (χ3v) is 4.04. The van der Waals surface area contributed by atoms with Gasteiger partial charge >= 0.3 is 11.9 Å². The van der Waals surface area contributed by atoms with E-state index in [1.54, 1.807) is 13.8 Å². The Bertz CT molecular complexity index is 477. The predicted octanol–water partition coefficient (Wildman–Crippen LogP) is 2.84. The van der Waals surface area contributed by atoms with E-state index in [0.29, 0.717) is 18.4 Å². The minimum Gasteiger partial charge on any atom is -0.481 e. The minimum atomic E-state index is -0.941. The van der Waals surface area contributed by atoms with Crippen LogP contribution in [0.1, 0.15) is 46.0 Å². The van der Waals surface area contributed by atoms with Gasteiger partial charge in [0, 0.05) is 18.4 Å². The molecule has 19 heavy (non-hydrogen) atoms. The molecule has 1 saturated carbocycles. The quantitative estimate of drug-likeness (QED) is 0.483. The zero-order valence-corrected chi connectivity index (χ0v) is 11.5. The molecule has 0 spiro atoms. The molecule has 1 N–H and O–H groups in total. The predicted molar refractivity (Wildman–Crippen MR) is 70.5 cm³/mol. The van der Waals surface area contributed by atoms with Gasteiger partial charge in [-0.1, -0.05) is 18.2 Å². The maximum absolute atomic E-state index is 11.8. The highest BCUT2D eigenvalue weighted by Gasteiger charge is 2.49. The molecule has 0 heterocycles. The van der Waals surface area contributed by atoms with Gasteiger partial charge in [-0.3, -0.25) is 4.79 Å². The Labute approximate surface area is 113 Å². The van der Waals surface area contributed by atoms with Crippen molar-refractivity contribution in [2.45, 2.75) is 51.6 Å². The van der Waals surface area contributed by atoms with Crippen LogP contribution in [0.15, 0.2) is 23.8 Å². The van der Waals surface area contributed by atoms with Gasteiger partial charge < -0.3 is 9.84 Å². The molecule has 104 valence electrons. The van der Waals surface area contributed by atoms with E-state index in [1.807, 2.05) is 6.08 Å². The average molecular weight is 264 g/mol. The number of hydrogen-bond acceptors (Lipinski definition) is 3. The molecule has 2 aliphatic rings. The molecule has 0 radical (unpaired) electrons. The maximum Gasteiger partial charge on any atom is 0.333 e. The first-order valence-corrected chi connectivity index (χ1v) is 6.59. The first-order chi connectivity index (χ1) is 8.76. The molecule has 0 aliphatic heterocycles. The number of carbonyl (C=O) groups excluding carboxylic acids is 1. The minimum absolute atomic E-state index is 0.345. The van der Waals surface area contributed by atoms with Crippen LogP contribution in [0.5, 0.6) is 0 Å². The van der Waals surface area contributed by atoms with E-state index >= 15 is 0 Å². The van der Waals surface area contributed by atoms with Gasteiger partial charge in [0.1, 0.15) is 5.60 Å². The van der Waals surface area contributed by atoms with Crippen LogP contribution < -0.4 is 0 Å². The lowest BCUT2D eigenvalue weighted by Crippen LogP contribution is -2.47. The second-order valence-corrected chi connectivity index (χ2v) is 6.09. The number of fused-ring (bicyclic) bond motifs is 2. The summed E-state index contributed by atoms with van der Waals surface area (Å²) in [5, 5.41) is 9.41. The molecular formula is C15H20O4. The molecule has 0 saturated heterocycles. The zero-order chi connectivity index (χ0) is 14.3. The molecule has 4 nitrogen and oxygen atoms in total. The summed E-state index contributed by atoms with van der Waals surface area (Å²) >= 11 is 0. The second-order valence-electron chi connectivity index (χ2n) is 6.09. The number of hydrogen-bond donors (Lipinski definition) is 1. The molecule has 0 aromatic heterocycles. The average Bonchev–Trinajstić information content (AvgIpc) is 2.27. The maximum atomic E-state index is 11.8. The van der Waals surface area contributed by atoms with Crippen LogP contribution in [-0.2, 0) is 14.3 Å². The highest BCUT2D eigenvalue weighted by Crippen LogP contribution is 2.49. The highest BCUT2D eigenvalue weighted by atomic mass is 16.6. The van der Waals surface area contributed by atoms with E-state index in [1.165, 1.54) is 0 Å². The molecule has 2 atom stereocenters. The summed E-state index contributed by atoms with van der Waals surface area (Å²) < 4.78 is 5.61. The van der Waals surface area contributed by atoms with E-state index in [0.717, 1.165) is 24.8 Å². The summed E-state index contributed by atoms with van der Waals surface area (Å²) in [7, 11) is 0. The van der Waals surface area contributed by atoms with Crippen molar-refractivity contribution in [3.8, 4) is 0 Å². The van der Waals surface area contributed by atoms with E-state index in [4.69, 9.17) is 4.74 Å². The van der Waals surface area contributed by atoms with Gasteiger partial charge in [0.2, 0.25) is 0 Å². The SMILES string of the molecule is C=C(C)C(=O)OC12CCCC(=CC(C)(C(=O)O)C1)C2. The molecular weight excluding hydrogens is 244 g/mol. The van der Waals surface area contributed by atoms with Crippen molar-refractivity contribution in [1.82, 2.24) is 0 Å². The summed E-state index contributed by atoms with van der Waals surface area (Å²) in [5.74, 6) is -1.28. The van der Waals surface area contributed by atoms with Crippen molar-refractivity contribution >= 4 is 11.9 Å². The number of carbonyl (C=O) groups is 2. The molecule has 0 aromatic rings. The molecule has 0 aromatic carbocycles. The van der Waals surface area contributed by atoms with Gasteiger partial charge in [0.15, 0.2) is 0 Å². The zero-order valence-electron chi connectivity index (χ0n) is 11.5. The smallest absolute Gasteiger partial charge is 0.333 e. The van der Waals surface area contributed by atoms with Crippen molar-refractivity contribution in [2.75, 3.05) is 0 Å². The fourth-order valence-corrected chi connectivity index (χ4v) is 3.22. The standard InChI is InChI=1S/C15H20O4/c1-10(2)12(16)19-15-6-4-5-11(8-15)7-14(3,9-15)13(17)18/h7H,1,4-6,8-9H2,2-3H3,(H,17,18). The third kappa shape index (κ3) is 2.57. The monoisotopic (exact) mass is 264 g/mol. The van der Waals surface area contributed by atoms with E-state index in [-0.39, 0.29) is 0 Å². The van der Waals surface area contributed by atoms with Gasteiger partial charge in [-0.2, -0.15) is 0 Å². The van der Waals surface area contributed by atoms with Crippen molar-refractivity contribution in [3.63, 3.8) is 0 Å². The lowest BCUT2D eigenvalue weighted by Gasteiger charge is -2.45. The first kappa shape index (κ1) is 13.8. The number of carboxylic acids is 1. The van der Waals surface area contributed by atoms with Gasteiger partial charge in [-0.15, -0.1) is 0 Å². The molecule has 2 rings (SSSR count). The van der Waals surface area contributed by atoms with Crippen LogP contribution in [-0.4, -0.2) is 22.6 Å². The number of esters is 1. The molecule has 2 aliphatic carbocycles. The Morgan fingerprint density at radius 1 is 1.47 bits per heavy atom. The lowest BCUT2D eigenvalue weighted by molar-refractivity contribution is -0.167. The molecule has 4 heteroatoms. The van der Waals surface area contributed by atoms with Crippen molar-refractivity contribution < 1.29 is 19.4 Å². The van der Waals surface area contributed by atoms with E-state index in [2.05, 4.69) is 6.58 Å². The highest BCUT2D eigenvalue weighted by molar-refractivity contribution is 5.87. The third-order valence-electron chi connectivity index (χ3n) is 4.04. The largest absolute Gasteiger partial charge is 0.481 e.